The van der Waals surface area contributed by atoms with Crippen LogP contribution in [0.3, 0.4) is 0 Å². The normalized spacial score (nSPS) is 25.1. The van der Waals surface area contributed by atoms with E-state index in [1.807, 2.05) is 18.7 Å². The van der Waals surface area contributed by atoms with E-state index in [0.717, 1.165) is 24.3 Å². The van der Waals surface area contributed by atoms with Gasteiger partial charge in [-0.2, -0.15) is 5.10 Å². The molecule has 2 aliphatic rings. The fourth-order valence-corrected chi connectivity index (χ4v) is 3.66. The van der Waals surface area contributed by atoms with Gasteiger partial charge in [0.1, 0.15) is 5.56 Å². The third-order valence-corrected chi connectivity index (χ3v) is 4.95. The Morgan fingerprint density at radius 2 is 1.80 bits per heavy atom. The number of aryl methyl sites for hydroxylation is 2. The van der Waals surface area contributed by atoms with Crippen molar-refractivity contribution in [1.82, 2.24) is 14.7 Å². The van der Waals surface area contributed by atoms with Crippen LogP contribution in [-0.4, -0.2) is 33.7 Å². The van der Waals surface area contributed by atoms with E-state index in [1.54, 1.807) is 7.05 Å². The molecule has 1 aromatic rings. The van der Waals surface area contributed by atoms with E-state index in [0.29, 0.717) is 17.4 Å². The standard InChI is InChI=1S/C15H21N3O2/c1-9-10(2)16-17(3)14(19)13(9)15(20)18-7-11-5-4-6-12(11)8-18/h11-12H,4-8H2,1-3H3. The Labute approximate surface area is 118 Å². The van der Waals surface area contributed by atoms with E-state index in [2.05, 4.69) is 5.10 Å². The minimum absolute atomic E-state index is 0.108. The molecule has 0 bridgehead atoms. The van der Waals surface area contributed by atoms with Gasteiger partial charge in [-0.25, -0.2) is 4.68 Å². The molecule has 1 amide bonds. The fraction of sp³-hybridized carbons (Fsp3) is 0.667. The van der Waals surface area contributed by atoms with E-state index >= 15 is 0 Å². The summed E-state index contributed by atoms with van der Waals surface area (Å²) in [4.78, 5) is 26.8. The summed E-state index contributed by atoms with van der Waals surface area (Å²) in [5, 5.41) is 4.13. The molecule has 108 valence electrons. The second-order valence-corrected chi connectivity index (χ2v) is 6.18. The lowest BCUT2D eigenvalue weighted by Crippen LogP contribution is -2.37. The highest BCUT2D eigenvalue weighted by molar-refractivity contribution is 5.95. The van der Waals surface area contributed by atoms with Crippen molar-refractivity contribution in [2.75, 3.05) is 13.1 Å². The summed E-state index contributed by atoms with van der Waals surface area (Å²) in [6, 6.07) is 0. The molecule has 5 heteroatoms. The average molecular weight is 275 g/mol. The lowest BCUT2D eigenvalue weighted by Gasteiger charge is -2.19. The maximum atomic E-state index is 12.7. The third kappa shape index (κ3) is 1.96. The second kappa shape index (κ2) is 4.72. The SMILES string of the molecule is Cc1nn(C)c(=O)c(C(=O)N2CC3CCCC3C2)c1C. The van der Waals surface area contributed by atoms with Crippen molar-refractivity contribution in [3.63, 3.8) is 0 Å². The van der Waals surface area contributed by atoms with Crippen LogP contribution in [-0.2, 0) is 7.05 Å². The maximum absolute atomic E-state index is 12.7. The van der Waals surface area contributed by atoms with E-state index in [-0.39, 0.29) is 11.5 Å². The van der Waals surface area contributed by atoms with Gasteiger partial charge in [0.25, 0.3) is 11.5 Å². The highest BCUT2D eigenvalue weighted by Gasteiger charge is 2.39. The van der Waals surface area contributed by atoms with Crippen molar-refractivity contribution in [3.8, 4) is 0 Å². The summed E-state index contributed by atoms with van der Waals surface area (Å²) in [6.45, 7) is 5.28. The summed E-state index contributed by atoms with van der Waals surface area (Å²) in [5.74, 6) is 1.18. The van der Waals surface area contributed by atoms with Crippen LogP contribution in [0.25, 0.3) is 0 Å². The van der Waals surface area contributed by atoms with Crippen molar-refractivity contribution in [3.05, 3.63) is 27.2 Å². The van der Waals surface area contributed by atoms with E-state index in [9.17, 15) is 9.59 Å². The highest BCUT2D eigenvalue weighted by atomic mass is 16.2. The largest absolute Gasteiger partial charge is 0.338 e. The van der Waals surface area contributed by atoms with Crippen LogP contribution in [0.15, 0.2) is 4.79 Å². The predicted molar refractivity (Wildman–Crippen MR) is 75.7 cm³/mol. The van der Waals surface area contributed by atoms with E-state index < -0.39 is 0 Å². The van der Waals surface area contributed by atoms with Crippen molar-refractivity contribution >= 4 is 5.91 Å². The first-order chi connectivity index (χ1) is 9.49. The lowest BCUT2D eigenvalue weighted by molar-refractivity contribution is 0.0777. The van der Waals surface area contributed by atoms with E-state index in [4.69, 9.17) is 0 Å². The number of carbonyl (C=O) groups excluding carboxylic acids is 1. The molecule has 0 N–H and O–H groups in total. The molecular formula is C15H21N3O2. The smallest absolute Gasteiger partial charge is 0.279 e. The molecule has 1 saturated carbocycles. The first-order valence-corrected chi connectivity index (χ1v) is 7.33. The van der Waals surface area contributed by atoms with Gasteiger partial charge in [0.15, 0.2) is 0 Å². The van der Waals surface area contributed by atoms with Crippen molar-refractivity contribution in [2.45, 2.75) is 33.1 Å². The number of hydrogen-bond acceptors (Lipinski definition) is 3. The number of rotatable bonds is 1. The number of aromatic nitrogens is 2. The van der Waals surface area contributed by atoms with Crippen LogP contribution in [0, 0.1) is 25.7 Å². The Hall–Kier alpha value is -1.65. The summed E-state index contributed by atoms with van der Waals surface area (Å²) >= 11 is 0. The molecule has 5 nitrogen and oxygen atoms in total. The molecule has 0 aromatic carbocycles. The molecule has 1 aliphatic carbocycles. The number of hydrogen-bond donors (Lipinski definition) is 0. The van der Waals surface area contributed by atoms with Gasteiger partial charge in [0.05, 0.1) is 5.69 Å². The van der Waals surface area contributed by atoms with Crippen LogP contribution in [0.2, 0.25) is 0 Å². The molecule has 2 atom stereocenters. The molecule has 0 radical (unpaired) electrons. The molecule has 2 fully saturated rings. The van der Waals surface area contributed by atoms with Gasteiger partial charge in [-0.05, 0) is 44.1 Å². The number of nitrogens with zero attached hydrogens (tertiary/aromatic N) is 3. The number of carbonyl (C=O) groups is 1. The molecule has 20 heavy (non-hydrogen) atoms. The Morgan fingerprint density at radius 1 is 1.20 bits per heavy atom. The molecule has 3 rings (SSSR count). The minimum atomic E-state index is -0.282. The predicted octanol–water partition coefficient (Wildman–Crippen LogP) is 1.27. The Morgan fingerprint density at radius 3 is 2.40 bits per heavy atom. The van der Waals surface area contributed by atoms with Gasteiger partial charge in [-0.3, -0.25) is 9.59 Å². The van der Waals surface area contributed by atoms with Gasteiger partial charge in [0, 0.05) is 20.1 Å². The molecule has 1 saturated heterocycles. The highest BCUT2D eigenvalue weighted by Crippen LogP contribution is 2.38. The number of likely N-dealkylation sites (tertiary alicyclic amines) is 1. The van der Waals surface area contributed by atoms with Gasteiger partial charge in [-0.15, -0.1) is 0 Å². The van der Waals surface area contributed by atoms with Crippen LogP contribution in [0.5, 0.6) is 0 Å². The van der Waals surface area contributed by atoms with Crippen molar-refractivity contribution < 1.29 is 4.79 Å². The quantitative estimate of drug-likeness (QED) is 0.775. The Balaban J connectivity index is 1.94. The molecular weight excluding hydrogens is 254 g/mol. The third-order valence-electron chi connectivity index (χ3n) is 4.95. The monoisotopic (exact) mass is 275 g/mol. The number of fused-ring (bicyclic) bond motifs is 1. The van der Waals surface area contributed by atoms with E-state index in [1.165, 1.54) is 23.9 Å². The van der Waals surface area contributed by atoms with Crippen molar-refractivity contribution in [2.24, 2.45) is 18.9 Å². The summed E-state index contributed by atoms with van der Waals surface area (Å²) in [5.41, 5.74) is 1.49. The fourth-order valence-electron chi connectivity index (χ4n) is 3.66. The van der Waals surface area contributed by atoms with Crippen molar-refractivity contribution in [1.29, 1.82) is 0 Å². The summed E-state index contributed by atoms with van der Waals surface area (Å²) in [7, 11) is 1.60. The van der Waals surface area contributed by atoms with Crippen LogP contribution >= 0.6 is 0 Å². The summed E-state index contributed by atoms with van der Waals surface area (Å²) in [6.07, 6.45) is 3.73. The topological polar surface area (TPSA) is 55.2 Å². The molecule has 2 heterocycles. The minimum Gasteiger partial charge on any atom is -0.338 e. The zero-order valence-electron chi connectivity index (χ0n) is 12.3. The van der Waals surface area contributed by atoms with Crippen LogP contribution in [0.4, 0.5) is 0 Å². The van der Waals surface area contributed by atoms with Crippen LogP contribution in [0.1, 0.15) is 40.9 Å². The Bertz CT molecular complexity index is 608. The Kier molecular flexibility index (Phi) is 3.15. The second-order valence-electron chi connectivity index (χ2n) is 6.18. The molecule has 2 unspecified atom stereocenters. The van der Waals surface area contributed by atoms with Gasteiger partial charge < -0.3 is 4.90 Å². The van der Waals surface area contributed by atoms with Gasteiger partial charge in [0.2, 0.25) is 0 Å². The first-order valence-electron chi connectivity index (χ1n) is 7.33. The van der Waals surface area contributed by atoms with Gasteiger partial charge >= 0.3 is 0 Å². The van der Waals surface area contributed by atoms with Gasteiger partial charge in [-0.1, -0.05) is 6.42 Å². The molecule has 1 aliphatic heterocycles. The van der Waals surface area contributed by atoms with Crippen LogP contribution < -0.4 is 5.56 Å². The lowest BCUT2D eigenvalue weighted by atomic mass is 10.0. The maximum Gasteiger partial charge on any atom is 0.279 e. The zero-order chi connectivity index (χ0) is 14.4. The average Bonchev–Trinajstić information content (AvgIpc) is 2.97. The number of amides is 1. The molecule has 0 spiro atoms. The zero-order valence-corrected chi connectivity index (χ0v) is 12.3. The first kappa shape index (κ1) is 13.3. The molecule has 1 aromatic heterocycles. The summed E-state index contributed by atoms with van der Waals surface area (Å²) < 4.78 is 1.27.